The van der Waals surface area contributed by atoms with Crippen LogP contribution in [0.3, 0.4) is 0 Å². The average Bonchev–Trinajstić information content (AvgIpc) is 3.08. The van der Waals surface area contributed by atoms with E-state index in [-0.39, 0.29) is 17.7 Å². The van der Waals surface area contributed by atoms with E-state index in [9.17, 15) is 4.79 Å². The molecule has 4 heteroatoms. The quantitative estimate of drug-likeness (QED) is 0.906. The van der Waals surface area contributed by atoms with Crippen molar-refractivity contribution in [1.82, 2.24) is 0 Å². The van der Waals surface area contributed by atoms with Crippen LogP contribution in [0.1, 0.15) is 25.0 Å². The Morgan fingerprint density at radius 1 is 1.35 bits per heavy atom. The molecule has 0 radical (unpaired) electrons. The van der Waals surface area contributed by atoms with Crippen LogP contribution in [0.5, 0.6) is 5.75 Å². The van der Waals surface area contributed by atoms with Gasteiger partial charge < -0.3 is 14.5 Å². The Morgan fingerprint density at radius 3 is 2.80 bits per heavy atom. The van der Waals surface area contributed by atoms with Crippen LogP contribution in [0, 0.1) is 5.92 Å². The summed E-state index contributed by atoms with van der Waals surface area (Å²) in [5.74, 6) is 2.01. The Hall–Kier alpha value is -2.23. The predicted molar refractivity (Wildman–Crippen MR) is 75.8 cm³/mol. The molecule has 104 valence electrons. The molecule has 0 aliphatic heterocycles. The molecule has 1 aliphatic rings. The lowest BCUT2D eigenvalue weighted by molar-refractivity contribution is -0.117. The molecule has 0 bridgehead atoms. The number of hydrogen-bond donors (Lipinski definition) is 1. The molecule has 1 heterocycles. The SMILES string of the molecule is CCOc1ccc(NC(=O)C2CC2c2ccco2)cc1. The van der Waals surface area contributed by atoms with Gasteiger partial charge in [0.1, 0.15) is 11.5 Å². The van der Waals surface area contributed by atoms with Crippen LogP contribution >= 0.6 is 0 Å². The van der Waals surface area contributed by atoms with Crippen molar-refractivity contribution in [3.8, 4) is 5.75 Å². The molecule has 1 fully saturated rings. The van der Waals surface area contributed by atoms with Gasteiger partial charge in [0.25, 0.3) is 0 Å². The number of anilines is 1. The van der Waals surface area contributed by atoms with Crippen molar-refractivity contribution < 1.29 is 13.9 Å². The maximum Gasteiger partial charge on any atom is 0.228 e. The van der Waals surface area contributed by atoms with Crippen molar-refractivity contribution in [3.05, 3.63) is 48.4 Å². The Balaban J connectivity index is 1.57. The highest BCUT2D eigenvalue weighted by Crippen LogP contribution is 2.48. The maximum absolute atomic E-state index is 12.1. The largest absolute Gasteiger partial charge is 0.494 e. The lowest BCUT2D eigenvalue weighted by atomic mass is 10.2. The van der Waals surface area contributed by atoms with Gasteiger partial charge in [-0.15, -0.1) is 0 Å². The van der Waals surface area contributed by atoms with E-state index in [2.05, 4.69) is 5.32 Å². The summed E-state index contributed by atoms with van der Waals surface area (Å²) in [5.41, 5.74) is 0.795. The molecule has 2 unspecified atom stereocenters. The highest BCUT2D eigenvalue weighted by Gasteiger charge is 2.45. The van der Waals surface area contributed by atoms with Gasteiger partial charge in [0.05, 0.1) is 12.9 Å². The fraction of sp³-hybridized carbons (Fsp3) is 0.312. The molecule has 1 aliphatic carbocycles. The zero-order valence-electron chi connectivity index (χ0n) is 11.3. The number of carbonyl (C=O) groups is 1. The topological polar surface area (TPSA) is 51.5 Å². The van der Waals surface area contributed by atoms with Crippen LogP contribution in [0.25, 0.3) is 0 Å². The minimum absolute atomic E-state index is 0.0210. The lowest BCUT2D eigenvalue weighted by Crippen LogP contribution is -2.14. The fourth-order valence-corrected chi connectivity index (χ4v) is 2.34. The minimum Gasteiger partial charge on any atom is -0.494 e. The number of hydrogen-bond acceptors (Lipinski definition) is 3. The minimum atomic E-state index is 0.0210. The first kappa shape index (κ1) is 12.8. The molecule has 2 atom stereocenters. The molecule has 1 N–H and O–H groups in total. The molecule has 1 saturated carbocycles. The van der Waals surface area contributed by atoms with Crippen LogP contribution in [0.15, 0.2) is 47.1 Å². The zero-order valence-corrected chi connectivity index (χ0v) is 11.3. The Labute approximate surface area is 117 Å². The third-order valence-corrected chi connectivity index (χ3v) is 3.47. The number of ether oxygens (including phenoxy) is 1. The van der Waals surface area contributed by atoms with Crippen LogP contribution in [-0.2, 0) is 4.79 Å². The smallest absolute Gasteiger partial charge is 0.228 e. The van der Waals surface area contributed by atoms with Gasteiger partial charge in [0.15, 0.2) is 0 Å². The average molecular weight is 271 g/mol. The maximum atomic E-state index is 12.1. The van der Waals surface area contributed by atoms with Crippen LogP contribution < -0.4 is 10.1 Å². The van der Waals surface area contributed by atoms with Gasteiger partial charge in [0.2, 0.25) is 5.91 Å². The van der Waals surface area contributed by atoms with Crippen molar-refractivity contribution in [2.75, 3.05) is 11.9 Å². The molecule has 20 heavy (non-hydrogen) atoms. The monoisotopic (exact) mass is 271 g/mol. The Kier molecular flexibility index (Phi) is 3.46. The van der Waals surface area contributed by atoms with Gasteiger partial charge in [-0.25, -0.2) is 0 Å². The summed E-state index contributed by atoms with van der Waals surface area (Å²) in [7, 11) is 0. The number of furan rings is 1. The second-order valence-electron chi connectivity index (χ2n) is 4.91. The van der Waals surface area contributed by atoms with Crippen LogP contribution in [-0.4, -0.2) is 12.5 Å². The molecule has 0 saturated heterocycles. The third-order valence-electron chi connectivity index (χ3n) is 3.47. The van der Waals surface area contributed by atoms with Crippen molar-refractivity contribution in [3.63, 3.8) is 0 Å². The first-order chi connectivity index (χ1) is 9.78. The summed E-state index contributed by atoms with van der Waals surface area (Å²) >= 11 is 0. The predicted octanol–water partition coefficient (Wildman–Crippen LogP) is 3.42. The Morgan fingerprint density at radius 2 is 2.15 bits per heavy atom. The summed E-state index contributed by atoms with van der Waals surface area (Å²) in [5, 5.41) is 2.93. The highest BCUT2D eigenvalue weighted by atomic mass is 16.5. The number of nitrogens with one attached hydrogen (secondary N) is 1. The molecule has 2 aromatic rings. The van der Waals surface area contributed by atoms with Crippen molar-refractivity contribution in [1.29, 1.82) is 0 Å². The normalized spacial score (nSPS) is 20.4. The number of amides is 1. The van der Waals surface area contributed by atoms with E-state index in [4.69, 9.17) is 9.15 Å². The number of carbonyl (C=O) groups excluding carboxylic acids is 1. The van der Waals surface area contributed by atoms with E-state index in [0.29, 0.717) is 6.61 Å². The second kappa shape index (κ2) is 5.41. The Bertz CT molecular complexity index is 574. The standard InChI is InChI=1S/C16H17NO3/c1-2-19-12-7-5-11(6-8-12)17-16(18)14-10-13(14)15-4-3-9-20-15/h3-9,13-14H,2,10H2,1H3,(H,17,18). The van der Waals surface area contributed by atoms with Crippen molar-refractivity contribution in [2.24, 2.45) is 5.92 Å². The van der Waals surface area contributed by atoms with Crippen molar-refractivity contribution >= 4 is 11.6 Å². The molecule has 1 aromatic heterocycles. The van der Waals surface area contributed by atoms with Crippen LogP contribution in [0.2, 0.25) is 0 Å². The van der Waals surface area contributed by atoms with Gasteiger partial charge in [-0.05, 0) is 49.7 Å². The first-order valence-corrected chi connectivity index (χ1v) is 6.85. The zero-order chi connectivity index (χ0) is 13.9. The molecule has 1 amide bonds. The number of rotatable bonds is 5. The van der Waals surface area contributed by atoms with Gasteiger partial charge in [-0.3, -0.25) is 4.79 Å². The van der Waals surface area contributed by atoms with Crippen LogP contribution in [0.4, 0.5) is 5.69 Å². The third kappa shape index (κ3) is 2.69. The summed E-state index contributed by atoms with van der Waals surface area (Å²) in [6.45, 7) is 2.58. The lowest BCUT2D eigenvalue weighted by Gasteiger charge is -2.06. The van der Waals surface area contributed by atoms with E-state index in [0.717, 1.165) is 23.6 Å². The molecule has 1 aromatic carbocycles. The van der Waals surface area contributed by atoms with E-state index >= 15 is 0 Å². The fourth-order valence-electron chi connectivity index (χ4n) is 2.34. The molecule has 3 rings (SSSR count). The van der Waals surface area contributed by atoms with E-state index in [1.165, 1.54) is 0 Å². The van der Waals surface area contributed by atoms with Crippen molar-refractivity contribution in [2.45, 2.75) is 19.3 Å². The summed E-state index contributed by atoms with van der Waals surface area (Å²) in [4.78, 5) is 12.1. The van der Waals surface area contributed by atoms with E-state index < -0.39 is 0 Å². The molecule has 0 spiro atoms. The van der Waals surface area contributed by atoms with E-state index in [1.54, 1.807) is 6.26 Å². The summed E-state index contributed by atoms with van der Waals surface area (Å²) in [6, 6.07) is 11.2. The van der Waals surface area contributed by atoms with Gasteiger partial charge in [-0.2, -0.15) is 0 Å². The second-order valence-corrected chi connectivity index (χ2v) is 4.91. The van der Waals surface area contributed by atoms with Gasteiger partial charge >= 0.3 is 0 Å². The first-order valence-electron chi connectivity index (χ1n) is 6.85. The molecular formula is C16H17NO3. The summed E-state index contributed by atoms with van der Waals surface area (Å²) < 4.78 is 10.7. The number of benzene rings is 1. The molecular weight excluding hydrogens is 254 g/mol. The van der Waals surface area contributed by atoms with Gasteiger partial charge in [-0.1, -0.05) is 0 Å². The van der Waals surface area contributed by atoms with Gasteiger partial charge in [0, 0.05) is 17.5 Å². The summed E-state index contributed by atoms with van der Waals surface area (Å²) in [6.07, 6.45) is 2.51. The van der Waals surface area contributed by atoms with E-state index in [1.807, 2.05) is 43.3 Å². The highest BCUT2D eigenvalue weighted by molar-refractivity contribution is 5.95. The molecule has 4 nitrogen and oxygen atoms in total.